The second kappa shape index (κ2) is 9.71. The van der Waals surface area contributed by atoms with E-state index in [1.54, 1.807) is 66.7 Å². The lowest BCUT2D eigenvalue weighted by Crippen LogP contribution is -2.29. The van der Waals surface area contributed by atoms with Crippen molar-refractivity contribution in [3.05, 3.63) is 113 Å². The molecule has 3 aromatic carbocycles. The molecule has 0 heterocycles. The summed E-state index contributed by atoms with van der Waals surface area (Å²) >= 11 is 0. The minimum atomic E-state index is -4.59. The van der Waals surface area contributed by atoms with Crippen LogP contribution in [0.4, 0.5) is 13.2 Å². The van der Waals surface area contributed by atoms with Crippen molar-refractivity contribution in [3.8, 4) is 11.8 Å². The molecule has 5 nitrogen and oxygen atoms in total. The van der Waals surface area contributed by atoms with Gasteiger partial charge in [0.2, 0.25) is 0 Å². The highest BCUT2D eigenvalue weighted by atomic mass is 19.4. The van der Waals surface area contributed by atoms with Crippen LogP contribution in [0.15, 0.2) is 96.3 Å². The molecule has 0 radical (unpaired) electrons. The van der Waals surface area contributed by atoms with Crippen molar-refractivity contribution < 1.29 is 27.9 Å². The van der Waals surface area contributed by atoms with E-state index in [1.165, 1.54) is 6.07 Å². The first kappa shape index (κ1) is 22.4. The van der Waals surface area contributed by atoms with Gasteiger partial charge in [-0.1, -0.05) is 66.7 Å². The van der Waals surface area contributed by atoms with Crippen molar-refractivity contribution in [3.63, 3.8) is 0 Å². The summed E-state index contributed by atoms with van der Waals surface area (Å²) in [6.45, 7) is 0. The van der Waals surface area contributed by atoms with Gasteiger partial charge in [-0.25, -0.2) is 0 Å². The SMILES string of the molecule is N#C/C(C(=O)NOc1cccc(C(F)(F)F)c1)=C(\O)C(c1ccccc1)c1ccccc1. The largest absolute Gasteiger partial charge is 0.510 e. The highest BCUT2D eigenvalue weighted by Gasteiger charge is 2.31. The zero-order chi connectivity index (χ0) is 23.1. The number of hydrogen-bond acceptors (Lipinski definition) is 4. The Bertz CT molecular complexity index is 1110. The summed E-state index contributed by atoms with van der Waals surface area (Å²) in [6.07, 6.45) is -4.59. The van der Waals surface area contributed by atoms with E-state index in [9.17, 15) is 28.3 Å². The van der Waals surface area contributed by atoms with E-state index in [0.29, 0.717) is 17.2 Å². The number of carbonyl (C=O) groups excluding carboxylic acids is 1. The average molecular weight is 438 g/mol. The fourth-order valence-electron chi connectivity index (χ4n) is 3.06. The van der Waals surface area contributed by atoms with Crippen LogP contribution in [0.5, 0.6) is 5.75 Å². The van der Waals surface area contributed by atoms with Crippen molar-refractivity contribution in [2.24, 2.45) is 0 Å². The van der Waals surface area contributed by atoms with Crippen molar-refractivity contribution >= 4 is 5.91 Å². The summed E-state index contributed by atoms with van der Waals surface area (Å²) in [7, 11) is 0. The lowest BCUT2D eigenvalue weighted by Gasteiger charge is -2.19. The lowest BCUT2D eigenvalue weighted by molar-refractivity contribution is -0.137. The normalized spacial score (nSPS) is 12.0. The molecule has 2 N–H and O–H groups in total. The Kier molecular flexibility index (Phi) is 6.80. The second-order valence-electron chi connectivity index (χ2n) is 6.69. The molecule has 1 amide bonds. The molecule has 0 atom stereocenters. The highest BCUT2D eigenvalue weighted by Crippen LogP contribution is 2.33. The third-order valence-corrected chi connectivity index (χ3v) is 4.56. The van der Waals surface area contributed by atoms with Crippen LogP contribution in [0.25, 0.3) is 0 Å². The van der Waals surface area contributed by atoms with E-state index in [0.717, 1.165) is 12.1 Å². The maximum atomic E-state index is 12.8. The van der Waals surface area contributed by atoms with Gasteiger partial charge < -0.3 is 9.94 Å². The Morgan fingerprint density at radius 3 is 2.00 bits per heavy atom. The van der Waals surface area contributed by atoms with E-state index in [4.69, 9.17) is 4.84 Å². The number of benzene rings is 3. The Morgan fingerprint density at radius 1 is 0.938 bits per heavy atom. The molecular weight excluding hydrogens is 421 g/mol. The molecule has 0 aliphatic heterocycles. The molecule has 8 heteroatoms. The predicted molar refractivity (Wildman–Crippen MR) is 110 cm³/mol. The van der Waals surface area contributed by atoms with Crippen LogP contribution < -0.4 is 10.3 Å². The standard InChI is InChI=1S/C24H17F3N2O3/c25-24(26,27)18-12-7-13-19(14-18)32-29-23(31)20(15-28)22(30)21(16-8-3-1-4-9-16)17-10-5-2-6-11-17/h1-14,21,30H,(H,29,31)/b22-20+. The van der Waals surface area contributed by atoms with Gasteiger partial charge in [-0.15, -0.1) is 0 Å². The van der Waals surface area contributed by atoms with Crippen LogP contribution in [-0.4, -0.2) is 11.0 Å². The summed E-state index contributed by atoms with van der Waals surface area (Å²) in [4.78, 5) is 17.5. The molecule has 0 aromatic heterocycles. The van der Waals surface area contributed by atoms with Crippen LogP contribution in [-0.2, 0) is 11.0 Å². The van der Waals surface area contributed by atoms with E-state index in [1.807, 2.05) is 5.48 Å². The summed E-state index contributed by atoms with van der Waals surface area (Å²) in [5.74, 6) is -2.71. The third-order valence-electron chi connectivity index (χ3n) is 4.56. The van der Waals surface area contributed by atoms with Crippen LogP contribution in [0.2, 0.25) is 0 Å². The Hall–Kier alpha value is -4.25. The fraction of sp³-hybridized carbons (Fsp3) is 0.0833. The summed E-state index contributed by atoms with van der Waals surface area (Å²) in [5.41, 5.74) is 1.60. The predicted octanol–water partition coefficient (Wildman–Crippen LogP) is 5.28. The van der Waals surface area contributed by atoms with Gasteiger partial charge in [0.15, 0.2) is 11.3 Å². The number of allylic oxidation sites excluding steroid dienone is 1. The quantitative estimate of drug-likeness (QED) is 0.237. The third kappa shape index (κ3) is 5.26. The highest BCUT2D eigenvalue weighted by molar-refractivity contribution is 5.97. The maximum Gasteiger partial charge on any atom is 0.416 e. The van der Waals surface area contributed by atoms with Crippen molar-refractivity contribution in [1.82, 2.24) is 5.48 Å². The molecule has 0 fully saturated rings. The number of nitrogens with one attached hydrogen (secondary N) is 1. The molecule has 3 aromatic rings. The van der Waals surface area contributed by atoms with Gasteiger partial charge in [0.1, 0.15) is 11.8 Å². The average Bonchev–Trinajstić information content (AvgIpc) is 2.79. The van der Waals surface area contributed by atoms with E-state index < -0.39 is 34.9 Å². The molecule has 3 rings (SSSR count). The summed E-state index contributed by atoms with van der Waals surface area (Å²) in [6, 6.07) is 23.0. The van der Waals surface area contributed by atoms with Gasteiger partial charge in [0, 0.05) is 0 Å². The van der Waals surface area contributed by atoms with E-state index in [-0.39, 0.29) is 5.75 Å². The first-order chi connectivity index (χ1) is 15.3. The van der Waals surface area contributed by atoms with Crippen molar-refractivity contribution in [1.29, 1.82) is 5.26 Å². The monoisotopic (exact) mass is 438 g/mol. The Labute approximate surface area is 182 Å². The number of rotatable bonds is 6. The molecule has 0 unspecified atom stereocenters. The number of alkyl halides is 3. The van der Waals surface area contributed by atoms with Gasteiger partial charge in [-0.3, -0.25) is 4.79 Å². The minimum Gasteiger partial charge on any atom is -0.510 e. The molecular formula is C24H17F3N2O3. The van der Waals surface area contributed by atoms with Crippen molar-refractivity contribution in [2.75, 3.05) is 0 Å². The molecule has 0 saturated heterocycles. The summed E-state index contributed by atoms with van der Waals surface area (Å²) < 4.78 is 38.5. The number of amides is 1. The zero-order valence-corrected chi connectivity index (χ0v) is 16.5. The van der Waals surface area contributed by atoms with E-state index >= 15 is 0 Å². The van der Waals surface area contributed by atoms with Crippen LogP contribution in [0.1, 0.15) is 22.6 Å². The molecule has 0 spiro atoms. The Morgan fingerprint density at radius 2 is 1.50 bits per heavy atom. The number of nitrogens with zero attached hydrogens (tertiary/aromatic N) is 1. The number of halogens is 3. The zero-order valence-electron chi connectivity index (χ0n) is 16.5. The van der Waals surface area contributed by atoms with E-state index in [2.05, 4.69) is 0 Å². The van der Waals surface area contributed by atoms with Gasteiger partial charge in [-0.2, -0.15) is 23.9 Å². The maximum absolute atomic E-state index is 12.8. The Balaban J connectivity index is 1.89. The number of hydroxylamine groups is 1. The first-order valence-electron chi connectivity index (χ1n) is 9.39. The van der Waals surface area contributed by atoms with Gasteiger partial charge in [-0.05, 0) is 29.3 Å². The van der Waals surface area contributed by atoms with Crippen molar-refractivity contribution in [2.45, 2.75) is 12.1 Å². The van der Waals surface area contributed by atoms with Gasteiger partial charge >= 0.3 is 6.18 Å². The van der Waals surface area contributed by atoms with Gasteiger partial charge in [0.05, 0.1) is 11.5 Å². The molecule has 0 bridgehead atoms. The number of aliphatic hydroxyl groups is 1. The number of nitriles is 1. The van der Waals surface area contributed by atoms with Crippen LogP contribution >= 0.6 is 0 Å². The molecule has 0 aliphatic carbocycles. The molecule has 32 heavy (non-hydrogen) atoms. The minimum absolute atomic E-state index is 0.285. The fourth-order valence-corrected chi connectivity index (χ4v) is 3.06. The number of hydrogen-bond donors (Lipinski definition) is 2. The molecule has 162 valence electrons. The molecule has 0 saturated carbocycles. The second-order valence-corrected chi connectivity index (χ2v) is 6.69. The molecule has 0 aliphatic rings. The topological polar surface area (TPSA) is 82.4 Å². The smallest absolute Gasteiger partial charge is 0.416 e. The summed E-state index contributed by atoms with van der Waals surface area (Å²) in [5, 5.41) is 20.4. The number of carbonyl (C=O) groups is 1. The number of aliphatic hydroxyl groups excluding tert-OH is 1. The van der Waals surface area contributed by atoms with Crippen LogP contribution in [0.3, 0.4) is 0 Å². The first-order valence-corrected chi connectivity index (χ1v) is 9.39. The lowest BCUT2D eigenvalue weighted by atomic mass is 9.87. The van der Waals surface area contributed by atoms with Crippen LogP contribution in [0, 0.1) is 11.3 Å². The van der Waals surface area contributed by atoms with Gasteiger partial charge in [0.25, 0.3) is 5.91 Å².